The van der Waals surface area contributed by atoms with E-state index in [2.05, 4.69) is 36.3 Å². The Morgan fingerprint density at radius 2 is 2.11 bits per heavy atom. The third-order valence-electron chi connectivity index (χ3n) is 4.93. The van der Waals surface area contributed by atoms with Crippen LogP contribution in [0.5, 0.6) is 0 Å². The molecule has 2 aliphatic heterocycles. The molecule has 4 heteroatoms. The molecule has 2 aliphatic rings. The molecular weight excluding hydrogens is 238 g/mol. The van der Waals surface area contributed by atoms with Crippen LogP contribution in [0.25, 0.3) is 0 Å². The summed E-state index contributed by atoms with van der Waals surface area (Å²) < 4.78 is 0. The van der Waals surface area contributed by atoms with Crippen LogP contribution in [0.15, 0.2) is 0 Å². The van der Waals surface area contributed by atoms with Crippen LogP contribution >= 0.6 is 0 Å². The minimum absolute atomic E-state index is 0.00769. The summed E-state index contributed by atoms with van der Waals surface area (Å²) in [6, 6.07) is 0.904. The zero-order valence-electron chi connectivity index (χ0n) is 12.6. The third-order valence-corrected chi connectivity index (χ3v) is 4.93. The van der Waals surface area contributed by atoms with Gasteiger partial charge in [-0.3, -0.25) is 9.69 Å². The summed E-state index contributed by atoms with van der Waals surface area (Å²) >= 11 is 0. The van der Waals surface area contributed by atoms with E-state index in [-0.39, 0.29) is 11.9 Å². The van der Waals surface area contributed by atoms with Crippen molar-refractivity contribution in [3.05, 3.63) is 0 Å². The molecule has 4 nitrogen and oxygen atoms in total. The number of nitrogens with zero attached hydrogens (tertiary/aromatic N) is 1. The van der Waals surface area contributed by atoms with Crippen LogP contribution in [0.3, 0.4) is 0 Å². The van der Waals surface area contributed by atoms with E-state index in [1.807, 2.05) is 0 Å². The average Bonchev–Trinajstić information content (AvgIpc) is 2.91. The summed E-state index contributed by atoms with van der Waals surface area (Å²) in [5.41, 5.74) is 0. The van der Waals surface area contributed by atoms with Gasteiger partial charge < -0.3 is 10.6 Å². The van der Waals surface area contributed by atoms with Gasteiger partial charge in [-0.15, -0.1) is 0 Å². The molecule has 2 N–H and O–H groups in total. The van der Waals surface area contributed by atoms with E-state index in [1.54, 1.807) is 0 Å². The summed E-state index contributed by atoms with van der Waals surface area (Å²) in [5.74, 6) is 0.957. The SMILES string of the molecule is CCC(CC)NC(=O)C(C)N1CCCC2CNCC21. The number of amides is 1. The van der Waals surface area contributed by atoms with Crippen molar-refractivity contribution in [3.63, 3.8) is 0 Å². The van der Waals surface area contributed by atoms with Crippen LogP contribution in [0, 0.1) is 5.92 Å². The Kier molecular flexibility index (Phi) is 5.22. The summed E-state index contributed by atoms with van der Waals surface area (Å²) in [5, 5.41) is 6.67. The standard InChI is InChI=1S/C15H29N3O/c1-4-13(5-2)17-15(19)11(3)18-8-6-7-12-9-16-10-14(12)18/h11-14,16H,4-10H2,1-3H3,(H,17,19). The predicted octanol–water partition coefficient (Wildman–Crippen LogP) is 1.36. The van der Waals surface area contributed by atoms with Gasteiger partial charge in [0.2, 0.25) is 5.91 Å². The summed E-state index contributed by atoms with van der Waals surface area (Å²) in [6.07, 6.45) is 4.58. The highest BCUT2D eigenvalue weighted by Gasteiger charge is 2.38. The molecule has 110 valence electrons. The van der Waals surface area contributed by atoms with Gasteiger partial charge in [0.05, 0.1) is 6.04 Å². The second kappa shape index (κ2) is 6.71. The quantitative estimate of drug-likeness (QED) is 0.790. The van der Waals surface area contributed by atoms with Gasteiger partial charge in [-0.25, -0.2) is 0 Å². The van der Waals surface area contributed by atoms with Crippen LogP contribution in [0.1, 0.15) is 46.5 Å². The first kappa shape index (κ1) is 14.8. The van der Waals surface area contributed by atoms with Gasteiger partial charge in [-0.2, -0.15) is 0 Å². The topological polar surface area (TPSA) is 44.4 Å². The first-order valence-corrected chi connectivity index (χ1v) is 7.94. The van der Waals surface area contributed by atoms with E-state index >= 15 is 0 Å². The largest absolute Gasteiger partial charge is 0.352 e. The molecule has 2 rings (SSSR count). The fraction of sp³-hybridized carbons (Fsp3) is 0.933. The second-order valence-corrected chi connectivity index (χ2v) is 6.06. The molecule has 0 saturated carbocycles. The fourth-order valence-electron chi connectivity index (χ4n) is 3.55. The molecule has 0 aliphatic carbocycles. The first-order valence-electron chi connectivity index (χ1n) is 7.94. The Labute approximate surface area is 117 Å². The zero-order chi connectivity index (χ0) is 13.8. The molecule has 0 aromatic rings. The van der Waals surface area contributed by atoms with Gasteiger partial charge in [-0.05, 0) is 51.6 Å². The average molecular weight is 267 g/mol. The van der Waals surface area contributed by atoms with Crippen molar-refractivity contribution in [3.8, 4) is 0 Å². The minimum atomic E-state index is 0.00769. The van der Waals surface area contributed by atoms with Gasteiger partial charge in [0, 0.05) is 18.6 Å². The molecule has 0 aromatic carbocycles. The second-order valence-electron chi connectivity index (χ2n) is 6.06. The Morgan fingerprint density at radius 1 is 1.37 bits per heavy atom. The van der Waals surface area contributed by atoms with Crippen LogP contribution < -0.4 is 10.6 Å². The van der Waals surface area contributed by atoms with Crippen LogP contribution in [0.4, 0.5) is 0 Å². The molecule has 3 atom stereocenters. The van der Waals surface area contributed by atoms with Crippen LogP contribution in [-0.2, 0) is 4.79 Å². The maximum Gasteiger partial charge on any atom is 0.237 e. The van der Waals surface area contributed by atoms with Gasteiger partial charge in [0.15, 0.2) is 0 Å². The third kappa shape index (κ3) is 3.29. The highest BCUT2D eigenvalue weighted by molar-refractivity contribution is 5.81. The molecule has 2 saturated heterocycles. The predicted molar refractivity (Wildman–Crippen MR) is 78.1 cm³/mol. The molecule has 1 amide bonds. The van der Waals surface area contributed by atoms with E-state index in [4.69, 9.17) is 0 Å². The number of likely N-dealkylation sites (tertiary alicyclic amines) is 1. The van der Waals surface area contributed by atoms with Crippen molar-refractivity contribution in [2.45, 2.75) is 64.6 Å². The molecule has 2 fully saturated rings. The lowest BCUT2D eigenvalue weighted by molar-refractivity contribution is -0.128. The number of nitrogens with one attached hydrogen (secondary N) is 2. The Balaban J connectivity index is 1.94. The number of piperidine rings is 1. The zero-order valence-corrected chi connectivity index (χ0v) is 12.6. The number of fused-ring (bicyclic) bond motifs is 1. The maximum atomic E-state index is 12.4. The number of carbonyl (C=O) groups excluding carboxylic acids is 1. The molecule has 2 heterocycles. The molecule has 0 radical (unpaired) electrons. The van der Waals surface area contributed by atoms with Gasteiger partial charge in [0.1, 0.15) is 0 Å². The number of hydrogen-bond acceptors (Lipinski definition) is 3. The molecule has 3 unspecified atom stereocenters. The van der Waals surface area contributed by atoms with Crippen molar-refractivity contribution in [2.24, 2.45) is 5.92 Å². The summed E-state index contributed by atoms with van der Waals surface area (Å²) in [4.78, 5) is 14.8. The van der Waals surface area contributed by atoms with Gasteiger partial charge >= 0.3 is 0 Å². The normalized spacial score (nSPS) is 29.3. The highest BCUT2D eigenvalue weighted by atomic mass is 16.2. The Morgan fingerprint density at radius 3 is 2.79 bits per heavy atom. The molecule has 0 spiro atoms. The number of carbonyl (C=O) groups is 1. The van der Waals surface area contributed by atoms with Crippen LogP contribution in [0.2, 0.25) is 0 Å². The highest BCUT2D eigenvalue weighted by Crippen LogP contribution is 2.28. The smallest absolute Gasteiger partial charge is 0.237 e. The molecular formula is C15H29N3O. The lowest BCUT2D eigenvalue weighted by Crippen LogP contribution is -2.55. The van der Waals surface area contributed by atoms with Gasteiger partial charge in [-0.1, -0.05) is 13.8 Å². The number of rotatable bonds is 5. The van der Waals surface area contributed by atoms with Gasteiger partial charge in [0.25, 0.3) is 0 Å². The van der Waals surface area contributed by atoms with Crippen LogP contribution in [-0.4, -0.2) is 48.6 Å². The minimum Gasteiger partial charge on any atom is -0.352 e. The van der Waals surface area contributed by atoms with E-state index in [0.29, 0.717) is 12.1 Å². The Hall–Kier alpha value is -0.610. The maximum absolute atomic E-state index is 12.4. The van der Waals surface area contributed by atoms with Crippen molar-refractivity contribution >= 4 is 5.91 Å². The van der Waals surface area contributed by atoms with E-state index < -0.39 is 0 Å². The fourth-order valence-corrected chi connectivity index (χ4v) is 3.55. The number of hydrogen-bond donors (Lipinski definition) is 2. The van der Waals surface area contributed by atoms with Crippen molar-refractivity contribution < 1.29 is 4.79 Å². The van der Waals surface area contributed by atoms with Crippen molar-refractivity contribution in [1.82, 2.24) is 15.5 Å². The molecule has 0 aromatic heterocycles. The lowest BCUT2D eigenvalue weighted by atomic mass is 9.91. The summed E-state index contributed by atoms with van der Waals surface area (Å²) in [6.45, 7) is 9.59. The monoisotopic (exact) mass is 267 g/mol. The van der Waals surface area contributed by atoms with E-state index in [1.165, 1.54) is 12.8 Å². The summed E-state index contributed by atoms with van der Waals surface area (Å²) in [7, 11) is 0. The lowest BCUT2D eigenvalue weighted by Gasteiger charge is -2.40. The molecule has 19 heavy (non-hydrogen) atoms. The van der Waals surface area contributed by atoms with Crippen molar-refractivity contribution in [2.75, 3.05) is 19.6 Å². The first-order chi connectivity index (χ1) is 9.17. The van der Waals surface area contributed by atoms with E-state index in [0.717, 1.165) is 38.4 Å². The molecule has 0 bridgehead atoms. The Bertz CT molecular complexity index is 304. The van der Waals surface area contributed by atoms with Crippen molar-refractivity contribution in [1.29, 1.82) is 0 Å². The van der Waals surface area contributed by atoms with E-state index in [9.17, 15) is 4.79 Å².